The molecule has 0 radical (unpaired) electrons. The Labute approximate surface area is 55.1 Å². The summed E-state index contributed by atoms with van der Waals surface area (Å²) in [5.74, 6) is 0. The van der Waals surface area contributed by atoms with E-state index in [4.69, 9.17) is 0 Å². The van der Waals surface area contributed by atoms with E-state index in [2.05, 4.69) is 12.2 Å². The summed E-state index contributed by atoms with van der Waals surface area (Å²) in [6.07, 6.45) is 1.91. The summed E-state index contributed by atoms with van der Waals surface area (Å²) in [6.45, 7) is 2.59. The second-order valence-electron chi connectivity index (χ2n) is 1.92. The molecule has 0 saturated carbocycles. The van der Waals surface area contributed by atoms with Crippen molar-refractivity contribution in [3.63, 3.8) is 0 Å². The molecule has 9 heavy (non-hydrogen) atoms. The molecule has 0 aliphatic rings. The lowest BCUT2D eigenvalue weighted by Gasteiger charge is -2.03. The largest absolute Gasteiger partial charge is 0.530 e. The standard InChI is InChI=1S/C6H13NO2/c1-2-3-4-5-7-6(8)9/h7H,2-5H2,1H3,(H,8,9)/p-1. The van der Waals surface area contributed by atoms with E-state index in [-0.39, 0.29) is 0 Å². The number of amides is 1. The number of unbranched alkanes of at least 4 members (excludes halogenated alkanes) is 2. The summed E-state index contributed by atoms with van der Waals surface area (Å²) in [5, 5.41) is 11.9. The minimum atomic E-state index is -1.17. The SMILES string of the molecule is CCCCCNC(=O)[O-]. The van der Waals surface area contributed by atoms with Gasteiger partial charge >= 0.3 is 0 Å². The highest BCUT2D eigenvalue weighted by Crippen LogP contribution is 1.90. The van der Waals surface area contributed by atoms with E-state index in [0.717, 1.165) is 19.3 Å². The zero-order valence-electron chi connectivity index (χ0n) is 5.64. The third-order valence-electron chi connectivity index (χ3n) is 1.05. The van der Waals surface area contributed by atoms with Crippen LogP contribution in [0, 0.1) is 0 Å². The number of carboxylic acid groups (broad SMARTS) is 1. The monoisotopic (exact) mass is 130 g/mol. The van der Waals surface area contributed by atoms with Crippen molar-refractivity contribution in [1.29, 1.82) is 0 Å². The van der Waals surface area contributed by atoms with Gasteiger partial charge in [-0.2, -0.15) is 0 Å². The molecular weight excluding hydrogens is 118 g/mol. The number of rotatable bonds is 4. The molecule has 0 spiro atoms. The van der Waals surface area contributed by atoms with Gasteiger partial charge in [-0.25, -0.2) is 0 Å². The zero-order valence-corrected chi connectivity index (χ0v) is 5.64. The Morgan fingerprint density at radius 3 is 2.67 bits per heavy atom. The normalized spacial score (nSPS) is 9.00. The van der Waals surface area contributed by atoms with E-state index in [1.54, 1.807) is 0 Å². The first-order valence-corrected chi connectivity index (χ1v) is 3.22. The third-order valence-corrected chi connectivity index (χ3v) is 1.05. The van der Waals surface area contributed by atoms with Crippen molar-refractivity contribution in [1.82, 2.24) is 5.32 Å². The quantitative estimate of drug-likeness (QED) is 0.549. The fourth-order valence-electron chi connectivity index (χ4n) is 0.565. The van der Waals surface area contributed by atoms with Crippen molar-refractivity contribution in [2.24, 2.45) is 0 Å². The Bertz CT molecular complexity index is 83.1. The predicted molar refractivity (Wildman–Crippen MR) is 32.9 cm³/mol. The molecule has 0 aliphatic heterocycles. The number of carbonyl (C=O) groups excluding carboxylic acids is 1. The van der Waals surface area contributed by atoms with Crippen molar-refractivity contribution >= 4 is 6.09 Å². The fraction of sp³-hybridized carbons (Fsp3) is 0.833. The van der Waals surface area contributed by atoms with E-state index >= 15 is 0 Å². The molecule has 1 N–H and O–H groups in total. The van der Waals surface area contributed by atoms with E-state index in [1.165, 1.54) is 0 Å². The van der Waals surface area contributed by atoms with Crippen molar-refractivity contribution in [2.45, 2.75) is 26.2 Å². The number of carbonyl (C=O) groups is 1. The molecule has 0 bridgehead atoms. The van der Waals surface area contributed by atoms with Crippen LogP contribution in [0.1, 0.15) is 26.2 Å². The number of hydrogen-bond donors (Lipinski definition) is 1. The molecule has 0 aliphatic carbocycles. The van der Waals surface area contributed by atoms with E-state index in [1.807, 2.05) is 0 Å². The van der Waals surface area contributed by atoms with Crippen LogP contribution < -0.4 is 10.4 Å². The first-order valence-electron chi connectivity index (χ1n) is 3.22. The van der Waals surface area contributed by atoms with Crippen LogP contribution in [-0.2, 0) is 0 Å². The van der Waals surface area contributed by atoms with Gasteiger partial charge < -0.3 is 15.2 Å². The predicted octanol–water partition coefficient (Wildman–Crippen LogP) is 0.109. The highest BCUT2D eigenvalue weighted by molar-refractivity contribution is 5.61. The lowest BCUT2D eigenvalue weighted by atomic mass is 10.2. The highest BCUT2D eigenvalue weighted by Gasteiger charge is 1.83. The van der Waals surface area contributed by atoms with Crippen molar-refractivity contribution in [3.8, 4) is 0 Å². The molecular formula is C6H12NO2-. The van der Waals surface area contributed by atoms with Crippen LogP contribution in [0.25, 0.3) is 0 Å². The second-order valence-corrected chi connectivity index (χ2v) is 1.92. The summed E-state index contributed by atoms with van der Waals surface area (Å²) in [7, 11) is 0. The summed E-state index contributed by atoms with van der Waals surface area (Å²) in [5.41, 5.74) is 0. The molecule has 0 aromatic rings. The Morgan fingerprint density at radius 1 is 1.56 bits per heavy atom. The summed E-state index contributed by atoms with van der Waals surface area (Å²) < 4.78 is 0. The van der Waals surface area contributed by atoms with Gasteiger partial charge in [-0.15, -0.1) is 0 Å². The van der Waals surface area contributed by atoms with Crippen molar-refractivity contribution in [3.05, 3.63) is 0 Å². The van der Waals surface area contributed by atoms with Gasteiger partial charge in [0, 0.05) is 6.54 Å². The molecule has 0 unspecified atom stereocenters. The first-order chi connectivity index (χ1) is 4.27. The molecule has 0 aromatic heterocycles. The second kappa shape index (κ2) is 5.41. The maximum absolute atomic E-state index is 9.74. The van der Waals surface area contributed by atoms with E-state index in [9.17, 15) is 9.90 Å². The lowest BCUT2D eigenvalue weighted by molar-refractivity contribution is -0.250. The first kappa shape index (κ1) is 8.27. The highest BCUT2D eigenvalue weighted by atomic mass is 16.4. The minimum absolute atomic E-state index is 0.524. The van der Waals surface area contributed by atoms with E-state index < -0.39 is 6.09 Å². The van der Waals surface area contributed by atoms with Crippen LogP contribution >= 0.6 is 0 Å². The Balaban J connectivity index is 2.83. The Kier molecular flexibility index (Phi) is 4.97. The van der Waals surface area contributed by atoms with Crippen LogP contribution in [0.4, 0.5) is 4.79 Å². The summed E-state index contributed by atoms with van der Waals surface area (Å²) in [4.78, 5) is 9.74. The molecule has 0 atom stereocenters. The van der Waals surface area contributed by atoms with Gasteiger partial charge in [-0.05, 0) is 6.42 Å². The lowest BCUT2D eigenvalue weighted by Crippen LogP contribution is -2.36. The maximum Gasteiger partial charge on any atom is 0.134 e. The van der Waals surface area contributed by atoms with Gasteiger partial charge in [0.2, 0.25) is 0 Å². The molecule has 0 aromatic carbocycles. The maximum atomic E-state index is 9.74. The molecule has 0 saturated heterocycles. The van der Waals surface area contributed by atoms with Gasteiger partial charge in [-0.1, -0.05) is 19.8 Å². The summed E-state index contributed by atoms with van der Waals surface area (Å²) >= 11 is 0. The average Bonchev–Trinajstić information content (AvgIpc) is 1.80. The van der Waals surface area contributed by atoms with Gasteiger partial charge in [0.1, 0.15) is 6.09 Å². The van der Waals surface area contributed by atoms with Gasteiger partial charge in [-0.3, -0.25) is 0 Å². The number of nitrogens with one attached hydrogen (secondary N) is 1. The van der Waals surface area contributed by atoms with Gasteiger partial charge in [0.05, 0.1) is 0 Å². The summed E-state index contributed by atoms with van der Waals surface area (Å²) in [6, 6.07) is 0. The minimum Gasteiger partial charge on any atom is -0.530 e. The van der Waals surface area contributed by atoms with Crippen LogP contribution in [0.3, 0.4) is 0 Å². The molecule has 3 heteroatoms. The Morgan fingerprint density at radius 2 is 2.22 bits per heavy atom. The van der Waals surface area contributed by atoms with Crippen LogP contribution in [0.15, 0.2) is 0 Å². The average molecular weight is 130 g/mol. The Hall–Kier alpha value is -0.730. The third kappa shape index (κ3) is 7.27. The molecule has 3 nitrogen and oxygen atoms in total. The molecule has 1 amide bonds. The van der Waals surface area contributed by atoms with Crippen LogP contribution in [-0.4, -0.2) is 12.6 Å². The van der Waals surface area contributed by atoms with E-state index in [0.29, 0.717) is 6.54 Å². The van der Waals surface area contributed by atoms with Crippen LogP contribution in [0.5, 0.6) is 0 Å². The van der Waals surface area contributed by atoms with Gasteiger partial charge in [0.15, 0.2) is 0 Å². The zero-order chi connectivity index (χ0) is 7.11. The number of hydrogen-bond acceptors (Lipinski definition) is 2. The molecule has 0 fully saturated rings. The topological polar surface area (TPSA) is 52.2 Å². The van der Waals surface area contributed by atoms with Crippen molar-refractivity contribution in [2.75, 3.05) is 6.54 Å². The van der Waals surface area contributed by atoms with Crippen molar-refractivity contribution < 1.29 is 9.90 Å². The van der Waals surface area contributed by atoms with Crippen LogP contribution in [0.2, 0.25) is 0 Å². The smallest absolute Gasteiger partial charge is 0.134 e. The van der Waals surface area contributed by atoms with Gasteiger partial charge in [0.25, 0.3) is 0 Å². The molecule has 0 heterocycles. The molecule has 0 rings (SSSR count). The fourth-order valence-corrected chi connectivity index (χ4v) is 0.565. The molecule has 54 valence electrons.